The number of hydrogen-bond acceptors (Lipinski definition) is 5. The molecule has 0 aliphatic rings. The summed E-state index contributed by atoms with van der Waals surface area (Å²) in [7, 11) is 0. The molecule has 1 aromatic carbocycles. The first-order valence-corrected chi connectivity index (χ1v) is 8.06. The van der Waals surface area contributed by atoms with Gasteiger partial charge in [0.1, 0.15) is 11.5 Å². The van der Waals surface area contributed by atoms with Gasteiger partial charge in [0, 0.05) is 0 Å². The number of rotatable bonds is 5. The largest absolute Gasteiger partial charge is 0.484 e. The molecule has 0 unspecified atom stereocenters. The number of ether oxygens (including phenoxy) is 1. The smallest absolute Gasteiger partial charge is 0.273 e. The molecule has 1 heterocycles. The van der Waals surface area contributed by atoms with Crippen molar-refractivity contribution < 1.29 is 18.7 Å². The standard InChI is InChI=1S/C17H19N3O4S/c1-3-12-4-6-13(7-5-12)24-10-15(21)18-17(25)20-19-16(22)14-8-9-23-11(14)2/h4-9H,3,10H2,1-2H3,(H,19,22)(H2,18,20,21,25). The van der Waals surface area contributed by atoms with Crippen LogP contribution in [-0.2, 0) is 11.2 Å². The van der Waals surface area contributed by atoms with E-state index in [0.29, 0.717) is 17.1 Å². The Morgan fingerprint density at radius 2 is 1.88 bits per heavy atom. The Hall–Kier alpha value is -2.87. The topological polar surface area (TPSA) is 92.6 Å². The highest BCUT2D eigenvalue weighted by Gasteiger charge is 2.12. The molecular formula is C17H19N3O4S. The normalized spacial score (nSPS) is 10.0. The highest BCUT2D eigenvalue weighted by molar-refractivity contribution is 7.80. The van der Waals surface area contributed by atoms with Crippen molar-refractivity contribution in [2.45, 2.75) is 20.3 Å². The molecule has 1 aromatic heterocycles. The van der Waals surface area contributed by atoms with Crippen molar-refractivity contribution in [2.75, 3.05) is 6.61 Å². The summed E-state index contributed by atoms with van der Waals surface area (Å²) in [4.78, 5) is 23.6. The van der Waals surface area contributed by atoms with Gasteiger partial charge >= 0.3 is 0 Å². The minimum atomic E-state index is -0.439. The molecule has 0 aliphatic carbocycles. The van der Waals surface area contributed by atoms with Crippen LogP contribution in [0.25, 0.3) is 0 Å². The molecule has 2 amide bonds. The van der Waals surface area contributed by atoms with Gasteiger partial charge in [-0.05, 0) is 49.3 Å². The fourth-order valence-electron chi connectivity index (χ4n) is 1.97. The molecule has 132 valence electrons. The van der Waals surface area contributed by atoms with Gasteiger partial charge in [0.25, 0.3) is 11.8 Å². The van der Waals surface area contributed by atoms with Crippen LogP contribution in [0.3, 0.4) is 0 Å². The van der Waals surface area contributed by atoms with Crippen molar-refractivity contribution in [1.82, 2.24) is 16.2 Å². The summed E-state index contributed by atoms with van der Waals surface area (Å²) in [6.07, 6.45) is 2.35. The first-order valence-electron chi connectivity index (χ1n) is 7.65. The zero-order chi connectivity index (χ0) is 18.2. The molecule has 7 nitrogen and oxygen atoms in total. The number of hydrazine groups is 1. The third-order valence-corrected chi connectivity index (χ3v) is 3.55. The zero-order valence-corrected chi connectivity index (χ0v) is 14.7. The summed E-state index contributed by atoms with van der Waals surface area (Å²) in [5, 5.41) is 2.37. The van der Waals surface area contributed by atoms with Crippen molar-refractivity contribution in [3.05, 3.63) is 53.5 Å². The lowest BCUT2D eigenvalue weighted by Gasteiger charge is -2.11. The number of furan rings is 1. The van der Waals surface area contributed by atoms with Crippen molar-refractivity contribution >= 4 is 29.1 Å². The van der Waals surface area contributed by atoms with Crippen molar-refractivity contribution in [1.29, 1.82) is 0 Å². The molecule has 0 aliphatic heterocycles. The Labute approximate surface area is 150 Å². The van der Waals surface area contributed by atoms with E-state index in [0.717, 1.165) is 6.42 Å². The number of thiocarbonyl (C=S) groups is 1. The van der Waals surface area contributed by atoms with Crippen LogP contribution in [0.5, 0.6) is 5.75 Å². The molecule has 0 fully saturated rings. The maximum atomic E-state index is 11.8. The van der Waals surface area contributed by atoms with E-state index in [9.17, 15) is 9.59 Å². The monoisotopic (exact) mass is 361 g/mol. The van der Waals surface area contributed by atoms with Crippen molar-refractivity contribution in [3.8, 4) is 5.75 Å². The second-order valence-electron chi connectivity index (χ2n) is 5.13. The number of amides is 2. The van der Waals surface area contributed by atoms with Crippen LogP contribution >= 0.6 is 12.2 Å². The van der Waals surface area contributed by atoms with Crippen molar-refractivity contribution in [2.24, 2.45) is 0 Å². The Kier molecular flexibility index (Phi) is 6.53. The fraction of sp³-hybridized carbons (Fsp3) is 0.235. The molecule has 0 saturated heterocycles. The van der Waals surface area contributed by atoms with Gasteiger partial charge < -0.3 is 9.15 Å². The van der Waals surface area contributed by atoms with Crippen LogP contribution in [0.4, 0.5) is 0 Å². The Bertz CT molecular complexity index is 756. The number of nitrogens with one attached hydrogen (secondary N) is 3. The maximum absolute atomic E-state index is 11.8. The minimum Gasteiger partial charge on any atom is -0.484 e. The van der Waals surface area contributed by atoms with E-state index < -0.39 is 11.8 Å². The quantitative estimate of drug-likeness (QED) is 0.556. The summed E-state index contributed by atoms with van der Waals surface area (Å²) in [6.45, 7) is 3.53. The lowest BCUT2D eigenvalue weighted by molar-refractivity contribution is -0.121. The summed E-state index contributed by atoms with van der Waals surface area (Å²) >= 11 is 4.94. The molecule has 2 aromatic rings. The summed E-state index contributed by atoms with van der Waals surface area (Å²) in [6, 6.07) is 9.01. The molecule has 2 rings (SSSR count). The van der Waals surface area contributed by atoms with Crippen LogP contribution in [0.15, 0.2) is 41.0 Å². The average molecular weight is 361 g/mol. The second-order valence-corrected chi connectivity index (χ2v) is 5.54. The molecule has 8 heteroatoms. The maximum Gasteiger partial charge on any atom is 0.273 e. The first kappa shape index (κ1) is 18.5. The van der Waals surface area contributed by atoms with Crippen LogP contribution in [0.1, 0.15) is 28.6 Å². The Morgan fingerprint density at radius 1 is 1.16 bits per heavy atom. The van der Waals surface area contributed by atoms with E-state index in [1.54, 1.807) is 19.1 Å². The summed E-state index contributed by atoms with van der Waals surface area (Å²) in [5.74, 6) is 0.215. The third kappa shape index (κ3) is 5.61. The van der Waals surface area contributed by atoms with E-state index in [2.05, 4.69) is 23.1 Å². The molecule has 0 bridgehead atoms. The molecule has 25 heavy (non-hydrogen) atoms. The predicted octanol–water partition coefficient (Wildman–Crippen LogP) is 1.86. The molecule has 0 atom stereocenters. The van der Waals surface area contributed by atoms with E-state index in [-0.39, 0.29) is 11.7 Å². The van der Waals surface area contributed by atoms with E-state index >= 15 is 0 Å². The van der Waals surface area contributed by atoms with E-state index in [1.165, 1.54) is 17.9 Å². The van der Waals surface area contributed by atoms with Gasteiger partial charge in [-0.3, -0.25) is 25.8 Å². The SMILES string of the molecule is CCc1ccc(OCC(=O)NC(=S)NNC(=O)c2ccoc2C)cc1. The van der Waals surface area contributed by atoms with Gasteiger partial charge in [-0.25, -0.2) is 0 Å². The summed E-state index contributed by atoms with van der Waals surface area (Å²) in [5.41, 5.74) is 6.38. The number of hydrogen-bond donors (Lipinski definition) is 3. The highest BCUT2D eigenvalue weighted by atomic mass is 32.1. The van der Waals surface area contributed by atoms with Crippen LogP contribution in [0, 0.1) is 6.92 Å². The van der Waals surface area contributed by atoms with Crippen LogP contribution in [-0.4, -0.2) is 23.5 Å². The Morgan fingerprint density at radius 3 is 2.48 bits per heavy atom. The van der Waals surface area contributed by atoms with Gasteiger partial charge in [-0.1, -0.05) is 19.1 Å². The number of carbonyl (C=O) groups is 2. The van der Waals surface area contributed by atoms with Crippen LogP contribution < -0.4 is 20.9 Å². The molecule has 0 radical (unpaired) electrons. The number of carbonyl (C=O) groups excluding carboxylic acids is 2. The molecule has 3 N–H and O–H groups in total. The number of benzene rings is 1. The lowest BCUT2D eigenvalue weighted by Crippen LogP contribution is -2.49. The lowest BCUT2D eigenvalue weighted by atomic mass is 10.2. The fourth-order valence-corrected chi connectivity index (χ4v) is 2.13. The first-order chi connectivity index (χ1) is 12.0. The van der Waals surface area contributed by atoms with E-state index in [1.807, 2.05) is 12.1 Å². The van der Waals surface area contributed by atoms with Gasteiger partial charge in [-0.2, -0.15) is 0 Å². The van der Waals surface area contributed by atoms with Gasteiger partial charge in [0.05, 0.1) is 11.8 Å². The van der Waals surface area contributed by atoms with Crippen molar-refractivity contribution in [3.63, 3.8) is 0 Å². The molecule has 0 spiro atoms. The second kappa shape index (κ2) is 8.84. The number of aryl methyl sites for hydroxylation is 2. The average Bonchev–Trinajstić information content (AvgIpc) is 3.04. The van der Waals surface area contributed by atoms with Gasteiger partial charge in [-0.15, -0.1) is 0 Å². The third-order valence-electron chi connectivity index (χ3n) is 3.35. The minimum absolute atomic E-state index is 0.0376. The Balaban J connectivity index is 1.71. The summed E-state index contributed by atoms with van der Waals surface area (Å²) < 4.78 is 10.4. The van der Waals surface area contributed by atoms with Gasteiger partial charge in [0.15, 0.2) is 11.7 Å². The molecular weight excluding hydrogens is 342 g/mol. The predicted molar refractivity (Wildman–Crippen MR) is 96.1 cm³/mol. The van der Waals surface area contributed by atoms with Gasteiger partial charge in [0.2, 0.25) is 0 Å². The van der Waals surface area contributed by atoms with E-state index in [4.69, 9.17) is 21.4 Å². The zero-order valence-electron chi connectivity index (χ0n) is 13.9. The molecule has 0 saturated carbocycles. The highest BCUT2D eigenvalue weighted by Crippen LogP contribution is 2.12. The van der Waals surface area contributed by atoms with Crippen LogP contribution in [0.2, 0.25) is 0 Å².